The van der Waals surface area contributed by atoms with Gasteiger partial charge in [0.1, 0.15) is 11.6 Å². The molecule has 17 heavy (non-hydrogen) atoms. The fraction of sp³-hybridized carbons (Fsp3) is 0.364. The summed E-state index contributed by atoms with van der Waals surface area (Å²) in [6, 6.07) is 2.98. The summed E-state index contributed by atoms with van der Waals surface area (Å²) in [5, 5.41) is 13.6. The summed E-state index contributed by atoms with van der Waals surface area (Å²) in [6.45, 7) is 3.81. The third kappa shape index (κ3) is 1.98. The van der Waals surface area contributed by atoms with Gasteiger partial charge >= 0.3 is 0 Å². The maximum absolute atomic E-state index is 13.8. The number of methoxy groups -OCH3 is 1. The molecule has 0 aliphatic heterocycles. The number of hydrogen-bond donors (Lipinski definition) is 1. The first-order chi connectivity index (χ1) is 8.15. The second-order valence-electron chi connectivity index (χ2n) is 3.93. The minimum absolute atomic E-state index is 0.0109. The largest absolute Gasteiger partial charge is 0.496 e. The first-order valence-corrected chi connectivity index (χ1v) is 5.25. The number of aromatic amines is 1. The van der Waals surface area contributed by atoms with Crippen molar-refractivity contribution >= 4 is 0 Å². The van der Waals surface area contributed by atoms with Crippen molar-refractivity contribution < 1.29 is 9.13 Å². The lowest BCUT2D eigenvalue weighted by Crippen LogP contribution is -2.01. The van der Waals surface area contributed by atoms with Gasteiger partial charge in [-0.25, -0.2) is 4.39 Å². The average Bonchev–Trinajstić information content (AvgIpc) is 2.81. The highest BCUT2D eigenvalue weighted by Gasteiger charge is 2.19. The molecule has 5 nitrogen and oxygen atoms in total. The number of nitrogens with zero attached hydrogens (tertiary/aromatic N) is 3. The normalized spacial score (nSPS) is 10.9. The van der Waals surface area contributed by atoms with E-state index in [0.29, 0.717) is 22.7 Å². The second-order valence-corrected chi connectivity index (χ2v) is 3.93. The minimum atomic E-state index is -0.288. The van der Waals surface area contributed by atoms with Gasteiger partial charge < -0.3 is 4.74 Å². The van der Waals surface area contributed by atoms with Gasteiger partial charge in [-0.15, -0.1) is 10.2 Å². The molecule has 0 atom stereocenters. The van der Waals surface area contributed by atoms with E-state index in [9.17, 15) is 4.39 Å². The molecule has 0 bridgehead atoms. The van der Waals surface area contributed by atoms with Gasteiger partial charge in [-0.1, -0.05) is 13.8 Å². The quantitative estimate of drug-likeness (QED) is 0.886. The molecular formula is C11H13FN4O. The van der Waals surface area contributed by atoms with E-state index in [1.54, 1.807) is 6.07 Å². The molecule has 2 rings (SSSR count). The molecule has 0 saturated carbocycles. The van der Waals surface area contributed by atoms with Crippen molar-refractivity contribution in [2.75, 3.05) is 7.11 Å². The summed E-state index contributed by atoms with van der Waals surface area (Å²) in [5.74, 6) is 0.575. The Morgan fingerprint density at radius 1 is 1.35 bits per heavy atom. The Morgan fingerprint density at radius 3 is 2.65 bits per heavy atom. The van der Waals surface area contributed by atoms with Gasteiger partial charge in [-0.3, -0.25) is 0 Å². The number of rotatable bonds is 3. The fourth-order valence-corrected chi connectivity index (χ4v) is 1.79. The molecule has 0 aliphatic rings. The highest BCUT2D eigenvalue weighted by atomic mass is 19.1. The maximum atomic E-state index is 13.8. The first-order valence-electron chi connectivity index (χ1n) is 5.25. The number of aromatic nitrogens is 4. The zero-order chi connectivity index (χ0) is 12.4. The summed E-state index contributed by atoms with van der Waals surface area (Å²) in [6.07, 6.45) is 0. The zero-order valence-electron chi connectivity index (χ0n) is 9.86. The predicted octanol–water partition coefficient (Wildman–Crippen LogP) is 2.14. The topological polar surface area (TPSA) is 63.7 Å². The molecule has 90 valence electrons. The molecule has 1 N–H and O–H groups in total. The van der Waals surface area contributed by atoms with Crippen LogP contribution >= 0.6 is 0 Å². The summed E-state index contributed by atoms with van der Waals surface area (Å²) < 4.78 is 19.0. The number of hydrogen-bond acceptors (Lipinski definition) is 4. The van der Waals surface area contributed by atoms with Gasteiger partial charge in [-0.2, -0.15) is 5.21 Å². The average molecular weight is 236 g/mol. The molecule has 1 aromatic heterocycles. The predicted molar refractivity (Wildman–Crippen MR) is 60.2 cm³/mol. The summed E-state index contributed by atoms with van der Waals surface area (Å²) in [5.41, 5.74) is 1.15. The molecule has 0 spiro atoms. The van der Waals surface area contributed by atoms with Crippen LogP contribution in [0.15, 0.2) is 12.1 Å². The monoisotopic (exact) mass is 236 g/mol. The van der Waals surface area contributed by atoms with Crippen LogP contribution in [-0.2, 0) is 0 Å². The smallest absolute Gasteiger partial charge is 0.208 e. The fourth-order valence-electron chi connectivity index (χ4n) is 1.79. The Bertz CT molecular complexity index is 510. The lowest BCUT2D eigenvalue weighted by molar-refractivity contribution is 0.403. The van der Waals surface area contributed by atoms with E-state index in [1.807, 2.05) is 13.8 Å². The van der Waals surface area contributed by atoms with E-state index in [-0.39, 0.29) is 11.7 Å². The first kappa shape index (κ1) is 11.5. The van der Waals surface area contributed by atoms with Crippen LogP contribution < -0.4 is 4.74 Å². The lowest BCUT2D eigenvalue weighted by Gasteiger charge is -2.15. The highest BCUT2D eigenvalue weighted by Crippen LogP contribution is 2.36. The van der Waals surface area contributed by atoms with Crippen molar-refractivity contribution in [2.24, 2.45) is 0 Å². The van der Waals surface area contributed by atoms with E-state index < -0.39 is 0 Å². The van der Waals surface area contributed by atoms with Crippen LogP contribution in [0.3, 0.4) is 0 Å². The molecule has 0 unspecified atom stereocenters. The molecule has 0 saturated heterocycles. The van der Waals surface area contributed by atoms with Crippen molar-refractivity contribution in [1.29, 1.82) is 0 Å². The number of nitrogens with one attached hydrogen (secondary N) is 1. The number of ether oxygens (including phenoxy) is 1. The van der Waals surface area contributed by atoms with Gasteiger partial charge in [0.25, 0.3) is 0 Å². The van der Waals surface area contributed by atoms with E-state index in [0.717, 1.165) is 0 Å². The number of halogens is 1. The Morgan fingerprint density at radius 2 is 2.12 bits per heavy atom. The van der Waals surface area contributed by atoms with E-state index in [1.165, 1.54) is 13.2 Å². The van der Waals surface area contributed by atoms with E-state index in [4.69, 9.17) is 4.74 Å². The molecule has 2 aromatic rings. The van der Waals surface area contributed by atoms with Crippen molar-refractivity contribution in [3.05, 3.63) is 23.5 Å². The van der Waals surface area contributed by atoms with Crippen molar-refractivity contribution in [3.8, 4) is 17.1 Å². The Balaban J connectivity index is 2.66. The molecule has 1 heterocycles. The van der Waals surface area contributed by atoms with Gasteiger partial charge in [0.05, 0.1) is 12.7 Å². The van der Waals surface area contributed by atoms with Crippen LogP contribution in [-0.4, -0.2) is 27.7 Å². The van der Waals surface area contributed by atoms with Gasteiger partial charge in [0, 0.05) is 5.56 Å². The maximum Gasteiger partial charge on any atom is 0.208 e. The van der Waals surface area contributed by atoms with Crippen LogP contribution in [0.5, 0.6) is 5.75 Å². The summed E-state index contributed by atoms with van der Waals surface area (Å²) in [4.78, 5) is 0. The van der Waals surface area contributed by atoms with Crippen LogP contribution in [0.4, 0.5) is 4.39 Å². The summed E-state index contributed by atoms with van der Waals surface area (Å²) >= 11 is 0. The van der Waals surface area contributed by atoms with E-state index in [2.05, 4.69) is 20.6 Å². The number of benzene rings is 1. The third-order valence-corrected chi connectivity index (χ3v) is 2.51. The number of H-pyrrole nitrogens is 1. The highest BCUT2D eigenvalue weighted by molar-refractivity contribution is 5.66. The molecule has 0 aliphatic carbocycles. The molecule has 6 heteroatoms. The Kier molecular flexibility index (Phi) is 3.03. The van der Waals surface area contributed by atoms with Crippen LogP contribution in [0.1, 0.15) is 25.3 Å². The third-order valence-electron chi connectivity index (χ3n) is 2.51. The standard InChI is InChI=1S/C11H13FN4O/c1-6(2)9-8(12)5-4-7(10(9)17-3)11-13-15-16-14-11/h4-6H,1-3H3,(H,13,14,15,16). The van der Waals surface area contributed by atoms with Crippen molar-refractivity contribution in [2.45, 2.75) is 19.8 Å². The van der Waals surface area contributed by atoms with Crippen LogP contribution in [0.2, 0.25) is 0 Å². The Hall–Kier alpha value is -1.98. The second kappa shape index (κ2) is 4.48. The SMILES string of the molecule is COc1c(-c2nn[nH]n2)ccc(F)c1C(C)C. The van der Waals surface area contributed by atoms with Gasteiger partial charge in [0.2, 0.25) is 5.82 Å². The Labute approximate surface area is 98.0 Å². The van der Waals surface area contributed by atoms with Crippen molar-refractivity contribution in [3.63, 3.8) is 0 Å². The minimum Gasteiger partial charge on any atom is -0.496 e. The van der Waals surface area contributed by atoms with Gasteiger partial charge in [-0.05, 0) is 23.3 Å². The molecular weight excluding hydrogens is 223 g/mol. The van der Waals surface area contributed by atoms with Crippen LogP contribution in [0.25, 0.3) is 11.4 Å². The lowest BCUT2D eigenvalue weighted by atomic mass is 9.98. The zero-order valence-corrected chi connectivity index (χ0v) is 9.86. The van der Waals surface area contributed by atoms with Gasteiger partial charge in [0.15, 0.2) is 0 Å². The summed E-state index contributed by atoms with van der Waals surface area (Å²) in [7, 11) is 1.50. The molecule has 0 fully saturated rings. The molecule has 0 amide bonds. The molecule has 0 radical (unpaired) electrons. The van der Waals surface area contributed by atoms with Crippen molar-refractivity contribution in [1.82, 2.24) is 20.6 Å². The van der Waals surface area contributed by atoms with E-state index >= 15 is 0 Å². The van der Waals surface area contributed by atoms with Crippen LogP contribution in [0, 0.1) is 5.82 Å². The molecule has 1 aromatic carbocycles. The number of tetrazole rings is 1.